The summed E-state index contributed by atoms with van der Waals surface area (Å²) in [5.74, 6) is 6.20. The van der Waals surface area contributed by atoms with Crippen molar-refractivity contribution >= 4 is 0 Å². The lowest BCUT2D eigenvalue weighted by Gasteiger charge is -2.33. The molecule has 3 heteroatoms. The molecule has 1 aliphatic heterocycles. The van der Waals surface area contributed by atoms with E-state index in [0.717, 1.165) is 6.42 Å². The molecule has 0 unspecified atom stereocenters. The first-order valence-electron chi connectivity index (χ1n) is 9.19. The second kappa shape index (κ2) is 7.81. The molecule has 138 valence electrons. The number of hydrogen-bond donors (Lipinski definition) is 1. The quantitative estimate of drug-likeness (QED) is 0.764. The topological polar surface area (TPSA) is 38.7 Å². The summed E-state index contributed by atoms with van der Waals surface area (Å²) in [5.41, 5.74) is 1.34. The molecule has 0 aromatic carbocycles. The molecule has 2 aliphatic rings. The van der Waals surface area contributed by atoms with Gasteiger partial charge in [0.15, 0.2) is 0 Å². The predicted molar refractivity (Wildman–Crippen MR) is 102 cm³/mol. The molecular formula is C22H32O3. The molecule has 0 aromatic rings. The van der Waals surface area contributed by atoms with Crippen LogP contribution in [0, 0.1) is 17.3 Å². The number of ether oxygens (including phenoxy) is 2. The maximum Gasteiger partial charge on any atom is 0.147 e. The number of hydrogen-bond acceptors (Lipinski definition) is 3. The van der Waals surface area contributed by atoms with Crippen LogP contribution in [0.5, 0.6) is 0 Å². The maximum absolute atomic E-state index is 10.7. The molecule has 0 amide bonds. The van der Waals surface area contributed by atoms with E-state index in [-0.39, 0.29) is 5.41 Å². The zero-order valence-electron chi connectivity index (χ0n) is 16.3. The second-order valence-electron chi connectivity index (χ2n) is 8.23. The van der Waals surface area contributed by atoms with Gasteiger partial charge in [0.05, 0.1) is 18.5 Å². The van der Waals surface area contributed by atoms with Crippen molar-refractivity contribution in [3.05, 3.63) is 35.6 Å². The number of rotatable bonds is 3. The van der Waals surface area contributed by atoms with Crippen LogP contribution in [0.3, 0.4) is 0 Å². The first-order chi connectivity index (χ1) is 11.6. The van der Waals surface area contributed by atoms with Gasteiger partial charge in [0, 0.05) is 6.42 Å². The fraction of sp³-hybridized carbons (Fsp3) is 0.636. The highest BCUT2D eigenvalue weighted by Gasteiger charge is 2.27. The molecule has 2 atom stereocenters. The second-order valence-corrected chi connectivity index (χ2v) is 8.23. The SMILES string of the molecule is CC1=C(/C=C/[C@@](C)(O)CC#C[C@@]2(C)C=COCCO2)C(C)(C)CCC1. The van der Waals surface area contributed by atoms with E-state index in [2.05, 4.69) is 38.7 Å². The lowest BCUT2D eigenvalue weighted by atomic mass is 9.72. The van der Waals surface area contributed by atoms with Crippen LogP contribution in [0.1, 0.15) is 60.3 Å². The zero-order chi connectivity index (χ0) is 18.6. The van der Waals surface area contributed by atoms with Gasteiger partial charge < -0.3 is 14.6 Å². The molecule has 0 aromatic heterocycles. The summed E-state index contributed by atoms with van der Waals surface area (Å²) in [5, 5.41) is 10.7. The van der Waals surface area contributed by atoms with Crippen LogP contribution in [0.25, 0.3) is 0 Å². The Kier molecular flexibility index (Phi) is 6.19. The fourth-order valence-electron chi connectivity index (χ4n) is 3.40. The lowest BCUT2D eigenvalue weighted by Crippen LogP contribution is -2.25. The minimum atomic E-state index is -0.963. The van der Waals surface area contributed by atoms with Crippen LogP contribution in [0.4, 0.5) is 0 Å². The van der Waals surface area contributed by atoms with Gasteiger partial charge in [-0.05, 0) is 57.1 Å². The summed E-state index contributed by atoms with van der Waals surface area (Å²) in [6.45, 7) is 11.5. The Labute approximate surface area is 152 Å². The van der Waals surface area contributed by atoms with Crippen molar-refractivity contribution < 1.29 is 14.6 Å². The smallest absolute Gasteiger partial charge is 0.147 e. The van der Waals surface area contributed by atoms with E-state index < -0.39 is 11.2 Å². The van der Waals surface area contributed by atoms with Crippen molar-refractivity contribution in [3.63, 3.8) is 0 Å². The van der Waals surface area contributed by atoms with E-state index in [1.807, 2.05) is 19.1 Å². The zero-order valence-corrected chi connectivity index (χ0v) is 16.3. The van der Waals surface area contributed by atoms with E-state index in [1.54, 1.807) is 13.2 Å². The Bertz CT molecular complexity index is 625. The predicted octanol–water partition coefficient (Wildman–Crippen LogP) is 4.53. The summed E-state index contributed by atoms with van der Waals surface area (Å²) in [6.07, 6.45) is 11.4. The molecule has 0 fully saturated rings. The van der Waals surface area contributed by atoms with Crippen molar-refractivity contribution in [2.45, 2.75) is 71.5 Å². The lowest BCUT2D eigenvalue weighted by molar-refractivity contribution is 0.0352. The van der Waals surface area contributed by atoms with Crippen molar-refractivity contribution in [2.24, 2.45) is 5.41 Å². The van der Waals surface area contributed by atoms with Gasteiger partial charge in [-0.3, -0.25) is 0 Å². The first kappa shape index (κ1) is 19.8. The van der Waals surface area contributed by atoms with Crippen LogP contribution in [-0.2, 0) is 9.47 Å². The molecule has 0 saturated carbocycles. The summed E-state index contributed by atoms with van der Waals surface area (Å²) < 4.78 is 10.9. The van der Waals surface area contributed by atoms with Crippen molar-refractivity contribution in [1.82, 2.24) is 0 Å². The molecular weight excluding hydrogens is 312 g/mol. The van der Waals surface area contributed by atoms with Crippen LogP contribution in [-0.4, -0.2) is 29.5 Å². The highest BCUT2D eigenvalue weighted by atomic mass is 16.5. The van der Waals surface area contributed by atoms with Gasteiger partial charge in [0.1, 0.15) is 12.2 Å². The summed E-state index contributed by atoms with van der Waals surface area (Å²) in [6, 6.07) is 0. The van der Waals surface area contributed by atoms with E-state index in [9.17, 15) is 5.11 Å². The average Bonchev–Trinajstić information content (AvgIpc) is 2.70. The molecule has 25 heavy (non-hydrogen) atoms. The molecule has 1 aliphatic carbocycles. The van der Waals surface area contributed by atoms with E-state index >= 15 is 0 Å². The van der Waals surface area contributed by atoms with Gasteiger partial charge >= 0.3 is 0 Å². The van der Waals surface area contributed by atoms with Crippen molar-refractivity contribution in [2.75, 3.05) is 13.2 Å². The molecule has 1 N–H and O–H groups in total. The Morgan fingerprint density at radius 2 is 2.08 bits per heavy atom. The monoisotopic (exact) mass is 344 g/mol. The average molecular weight is 344 g/mol. The molecule has 0 spiro atoms. The van der Waals surface area contributed by atoms with Gasteiger partial charge in [-0.1, -0.05) is 43.4 Å². The standard InChI is InChI=1S/C22H32O3/c1-18-8-6-10-20(2,3)19(18)9-13-21(4,23)11-7-12-22(5)14-15-24-16-17-25-22/h9,13-15,23H,6,8,10-11,16-17H2,1-5H3/b13-9+/t21-,22-/m0/s1. The highest BCUT2D eigenvalue weighted by molar-refractivity contribution is 5.34. The molecule has 0 bridgehead atoms. The summed E-state index contributed by atoms with van der Waals surface area (Å²) >= 11 is 0. The van der Waals surface area contributed by atoms with Crippen LogP contribution < -0.4 is 0 Å². The van der Waals surface area contributed by atoms with Crippen LogP contribution >= 0.6 is 0 Å². The Morgan fingerprint density at radius 3 is 2.80 bits per heavy atom. The van der Waals surface area contributed by atoms with E-state index in [1.165, 1.54) is 24.0 Å². The van der Waals surface area contributed by atoms with Gasteiger partial charge in [-0.15, -0.1) is 0 Å². The Hall–Kier alpha value is -1.50. The van der Waals surface area contributed by atoms with Gasteiger partial charge in [0.25, 0.3) is 0 Å². The molecule has 1 heterocycles. The molecule has 2 rings (SSSR count). The highest BCUT2D eigenvalue weighted by Crippen LogP contribution is 2.41. The number of aliphatic hydroxyl groups is 1. The minimum absolute atomic E-state index is 0.174. The molecule has 3 nitrogen and oxygen atoms in total. The normalized spacial score (nSPS) is 28.7. The van der Waals surface area contributed by atoms with Crippen LogP contribution in [0.15, 0.2) is 35.6 Å². The van der Waals surface area contributed by atoms with Crippen molar-refractivity contribution in [1.29, 1.82) is 0 Å². The third-order valence-electron chi connectivity index (χ3n) is 5.02. The third-order valence-corrected chi connectivity index (χ3v) is 5.02. The Morgan fingerprint density at radius 1 is 1.32 bits per heavy atom. The van der Waals surface area contributed by atoms with Gasteiger partial charge in [-0.25, -0.2) is 0 Å². The van der Waals surface area contributed by atoms with Gasteiger partial charge in [0.2, 0.25) is 0 Å². The number of allylic oxidation sites excluding steroid dienone is 3. The maximum atomic E-state index is 10.7. The fourth-order valence-corrected chi connectivity index (χ4v) is 3.40. The summed E-state index contributed by atoms with van der Waals surface area (Å²) in [7, 11) is 0. The van der Waals surface area contributed by atoms with Crippen LogP contribution in [0.2, 0.25) is 0 Å². The summed E-state index contributed by atoms with van der Waals surface area (Å²) in [4.78, 5) is 0. The van der Waals surface area contributed by atoms with E-state index in [0.29, 0.717) is 19.6 Å². The third kappa shape index (κ3) is 5.76. The first-order valence-corrected chi connectivity index (χ1v) is 9.19. The minimum Gasteiger partial charge on any atom is -0.499 e. The van der Waals surface area contributed by atoms with E-state index in [4.69, 9.17) is 9.47 Å². The van der Waals surface area contributed by atoms with Gasteiger partial charge in [-0.2, -0.15) is 0 Å². The largest absolute Gasteiger partial charge is 0.499 e. The molecule has 0 saturated heterocycles. The Balaban J connectivity index is 2.06. The van der Waals surface area contributed by atoms with Crippen molar-refractivity contribution in [3.8, 4) is 11.8 Å². The molecule has 0 radical (unpaired) electrons.